The molecule has 0 bridgehead atoms. The molecule has 0 atom stereocenters. The van der Waals surface area contributed by atoms with E-state index in [0.29, 0.717) is 0 Å². The molecule has 0 aliphatic carbocycles. The van der Waals surface area contributed by atoms with Gasteiger partial charge in [-0.15, -0.1) is 0 Å². The summed E-state index contributed by atoms with van der Waals surface area (Å²) >= 11 is 0. The predicted octanol–water partition coefficient (Wildman–Crippen LogP) is 0.988. The molecule has 0 aromatic heterocycles. The van der Waals surface area contributed by atoms with Gasteiger partial charge >= 0.3 is 5.69 Å². The average molecular weight is 216 g/mol. The van der Waals surface area contributed by atoms with Crippen molar-refractivity contribution in [3.63, 3.8) is 0 Å². The number of nitriles is 1. The fraction of sp³-hybridized carbons (Fsp3) is 0. The van der Waals surface area contributed by atoms with Crippen molar-refractivity contribution in [2.45, 2.75) is 0 Å². The van der Waals surface area contributed by atoms with Gasteiger partial charge in [-0.2, -0.15) is 5.26 Å². The molecule has 0 saturated heterocycles. The molecule has 6 heteroatoms. The number of nitro groups is 1. The van der Waals surface area contributed by atoms with Crippen molar-refractivity contribution in [1.82, 2.24) is 0 Å². The quantitative estimate of drug-likeness (QED) is 0.343. The van der Waals surface area contributed by atoms with E-state index in [1.807, 2.05) is 5.92 Å². The van der Waals surface area contributed by atoms with Crippen LogP contribution < -0.4 is 0 Å². The van der Waals surface area contributed by atoms with Crippen LogP contribution in [0.2, 0.25) is 0 Å². The predicted molar refractivity (Wildman–Crippen MR) is 52.6 cm³/mol. The summed E-state index contributed by atoms with van der Waals surface area (Å²) in [7, 11) is 0. The highest BCUT2D eigenvalue weighted by Crippen LogP contribution is 2.29. The molecule has 1 N–H and O–H groups in total. The number of phenolic OH excluding ortho intramolecular Hbond substituents is 1. The van der Waals surface area contributed by atoms with Crippen LogP contribution >= 0.6 is 0 Å². The zero-order valence-electron chi connectivity index (χ0n) is 7.80. The number of carbonyl (C=O) groups excluding carboxylic acids is 1. The average Bonchev–Trinajstić information content (AvgIpc) is 2.27. The molecule has 1 aromatic rings. The number of carbonyl (C=O) groups is 1. The summed E-state index contributed by atoms with van der Waals surface area (Å²) in [5.74, 6) is 3.64. The number of hydrogen-bond donors (Lipinski definition) is 1. The van der Waals surface area contributed by atoms with Crippen molar-refractivity contribution >= 4 is 12.0 Å². The van der Waals surface area contributed by atoms with Gasteiger partial charge in [-0.1, -0.05) is 5.92 Å². The highest BCUT2D eigenvalue weighted by molar-refractivity contribution is 5.83. The van der Waals surface area contributed by atoms with E-state index in [4.69, 9.17) is 5.26 Å². The third-order valence-corrected chi connectivity index (χ3v) is 1.71. The van der Waals surface area contributed by atoms with Gasteiger partial charge in [0, 0.05) is 17.6 Å². The van der Waals surface area contributed by atoms with Crippen LogP contribution in [0.15, 0.2) is 12.1 Å². The van der Waals surface area contributed by atoms with Gasteiger partial charge < -0.3 is 5.11 Å². The Morgan fingerprint density at radius 2 is 2.19 bits per heavy atom. The number of benzene rings is 1. The van der Waals surface area contributed by atoms with Crippen LogP contribution in [0.4, 0.5) is 5.69 Å². The lowest BCUT2D eigenvalue weighted by Gasteiger charge is -1.99. The van der Waals surface area contributed by atoms with E-state index in [0.717, 1.165) is 6.07 Å². The number of nitrogens with zero attached hydrogens (tertiary/aromatic N) is 2. The van der Waals surface area contributed by atoms with Crippen LogP contribution in [0, 0.1) is 33.3 Å². The second kappa shape index (κ2) is 4.58. The first kappa shape index (κ1) is 11.2. The highest BCUT2D eigenvalue weighted by atomic mass is 16.6. The van der Waals surface area contributed by atoms with Crippen LogP contribution in [0.5, 0.6) is 5.75 Å². The largest absolute Gasteiger partial charge is 0.502 e. The highest BCUT2D eigenvalue weighted by Gasteiger charge is 2.18. The normalized spacial score (nSPS) is 8.44. The molecule has 78 valence electrons. The summed E-state index contributed by atoms with van der Waals surface area (Å²) in [5, 5.41) is 28.1. The molecule has 1 aromatic carbocycles. The van der Waals surface area contributed by atoms with Gasteiger partial charge in [0.15, 0.2) is 12.4 Å². The SMILES string of the molecule is N#CC#Cc1cc(C=O)c(O)c([N+](=O)[O-])c1. The fourth-order valence-electron chi connectivity index (χ4n) is 1.04. The van der Waals surface area contributed by atoms with Gasteiger partial charge in [-0.05, 0) is 6.07 Å². The first-order valence-corrected chi connectivity index (χ1v) is 3.97. The number of aldehydes is 1. The molecule has 1 rings (SSSR count). The molecule has 6 nitrogen and oxygen atoms in total. The number of nitro benzene ring substituents is 1. The lowest BCUT2D eigenvalue weighted by molar-refractivity contribution is -0.385. The van der Waals surface area contributed by atoms with Crippen LogP contribution in [-0.4, -0.2) is 16.3 Å². The van der Waals surface area contributed by atoms with Crippen LogP contribution in [0.3, 0.4) is 0 Å². The van der Waals surface area contributed by atoms with Crippen LogP contribution in [0.1, 0.15) is 15.9 Å². The summed E-state index contributed by atoms with van der Waals surface area (Å²) in [6.45, 7) is 0. The molecular formula is C10H4N2O4. The lowest BCUT2D eigenvalue weighted by atomic mass is 10.1. The zero-order chi connectivity index (χ0) is 12.1. The smallest absolute Gasteiger partial charge is 0.312 e. The monoisotopic (exact) mass is 216 g/mol. The van der Waals surface area contributed by atoms with Gasteiger partial charge in [-0.25, -0.2) is 0 Å². The second-order valence-electron chi connectivity index (χ2n) is 2.67. The molecule has 0 radical (unpaired) electrons. The number of aromatic hydroxyl groups is 1. The van der Waals surface area contributed by atoms with E-state index in [9.17, 15) is 20.0 Å². The van der Waals surface area contributed by atoms with Gasteiger partial charge in [0.25, 0.3) is 0 Å². The Balaban J connectivity index is 3.47. The Morgan fingerprint density at radius 3 is 2.69 bits per heavy atom. The van der Waals surface area contributed by atoms with Gasteiger partial charge in [0.1, 0.15) is 0 Å². The Kier molecular flexibility index (Phi) is 3.21. The summed E-state index contributed by atoms with van der Waals surface area (Å²) in [6, 6.07) is 3.69. The molecule has 0 amide bonds. The molecule has 0 unspecified atom stereocenters. The molecule has 0 aliphatic heterocycles. The van der Waals surface area contributed by atoms with Crippen molar-refractivity contribution in [3.8, 4) is 23.7 Å². The number of rotatable bonds is 2. The third-order valence-electron chi connectivity index (χ3n) is 1.71. The van der Waals surface area contributed by atoms with Crippen molar-refractivity contribution in [2.24, 2.45) is 0 Å². The minimum Gasteiger partial charge on any atom is -0.502 e. The van der Waals surface area contributed by atoms with Crippen LogP contribution in [-0.2, 0) is 0 Å². The van der Waals surface area contributed by atoms with Gasteiger partial charge in [0.05, 0.1) is 10.5 Å². The van der Waals surface area contributed by atoms with E-state index in [2.05, 4.69) is 5.92 Å². The van der Waals surface area contributed by atoms with Crippen LogP contribution in [0.25, 0.3) is 0 Å². The van der Waals surface area contributed by atoms with Crippen molar-refractivity contribution in [3.05, 3.63) is 33.4 Å². The Bertz CT molecular complexity index is 561. The minimum atomic E-state index is -0.833. The lowest BCUT2D eigenvalue weighted by Crippen LogP contribution is -1.93. The standard InChI is InChI=1S/C10H4N2O4/c11-3-1-2-7-4-8(6-13)10(14)9(5-7)12(15)16/h4-6,14H. The Hall–Kier alpha value is -2.86. The summed E-state index contributed by atoms with van der Waals surface area (Å²) in [6.07, 6.45) is 0.278. The van der Waals surface area contributed by atoms with Crippen molar-refractivity contribution in [1.29, 1.82) is 5.26 Å². The third kappa shape index (κ3) is 2.14. The Morgan fingerprint density at radius 1 is 1.50 bits per heavy atom. The molecule has 0 fully saturated rings. The van der Waals surface area contributed by atoms with E-state index >= 15 is 0 Å². The molecule has 16 heavy (non-hydrogen) atoms. The molecule has 0 saturated carbocycles. The maximum Gasteiger partial charge on any atom is 0.312 e. The second-order valence-corrected chi connectivity index (χ2v) is 2.67. The summed E-state index contributed by atoms with van der Waals surface area (Å²) < 4.78 is 0. The number of phenols is 1. The van der Waals surface area contributed by atoms with Gasteiger partial charge in [-0.3, -0.25) is 14.9 Å². The van der Waals surface area contributed by atoms with E-state index < -0.39 is 16.4 Å². The van der Waals surface area contributed by atoms with E-state index in [-0.39, 0.29) is 17.4 Å². The fourth-order valence-corrected chi connectivity index (χ4v) is 1.04. The molecule has 0 spiro atoms. The molecular weight excluding hydrogens is 212 g/mol. The number of hydrogen-bond acceptors (Lipinski definition) is 5. The topological polar surface area (TPSA) is 104 Å². The summed E-state index contributed by atoms with van der Waals surface area (Å²) in [5.41, 5.74) is -0.739. The minimum absolute atomic E-state index is 0.119. The first-order chi connectivity index (χ1) is 7.60. The van der Waals surface area contributed by atoms with E-state index in [1.165, 1.54) is 12.1 Å². The molecule has 0 heterocycles. The Labute approximate surface area is 89.9 Å². The summed E-state index contributed by atoms with van der Waals surface area (Å²) in [4.78, 5) is 20.2. The maximum atomic E-state index is 10.5. The van der Waals surface area contributed by atoms with Gasteiger partial charge in [0.2, 0.25) is 5.75 Å². The zero-order valence-corrected chi connectivity index (χ0v) is 7.80. The van der Waals surface area contributed by atoms with Crippen molar-refractivity contribution < 1.29 is 14.8 Å². The van der Waals surface area contributed by atoms with E-state index in [1.54, 1.807) is 0 Å². The first-order valence-electron chi connectivity index (χ1n) is 3.97. The molecule has 0 aliphatic rings. The van der Waals surface area contributed by atoms with Crippen molar-refractivity contribution in [2.75, 3.05) is 0 Å². The maximum absolute atomic E-state index is 10.5.